The molecular formula is C28H33FN2O6. The van der Waals surface area contributed by atoms with Crippen LogP contribution in [-0.2, 0) is 20.8 Å². The smallest absolute Gasteiger partial charge is 0.414 e. The largest absolute Gasteiger partial charge is 0.473 e. The van der Waals surface area contributed by atoms with Crippen LogP contribution in [0, 0.1) is 17.7 Å². The van der Waals surface area contributed by atoms with Crippen molar-refractivity contribution in [2.45, 2.75) is 39.2 Å². The SMILES string of the molecule is CC(C)C1c2ccc(F)cc2CCN1C(=O)C1CCN(CC(=O)c2ccccc2)CC1.O=C(O)C(=O)O. The summed E-state index contributed by atoms with van der Waals surface area (Å²) in [4.78, 5) is 48.3. The van der Waals surface area contributed by atoms with Crippen LogP contribution in [0.25, 0.3) is 0 Å². The number of carboxylic acid groups (broad SMARTS) is 2. The molecule has 1 saturated heterocycles. The highest BCUT2D eigenvalue weighted by atomic mass is 19.1. The van der Waals surface area contributed by atoms with Crippen molar-refractivity contribution in [2.75, 3.05) is 26.2 Å². The van der Waals surface area contributed by atoms with Crippen molar-refractivity contribution in [3.8, 4) is 0 Å². The van der Waals surface area contributed by atoms with E-state index in [-0.39, 0.29) is 35.4 Å². The molecule has 0 aliphatic carbocycles. The Balaban J connectivity index is 0.000000568. The first-order valence-corrected chi connectivity index (χ1v) is 12.4. The number of carbonyl (C=O) groups excluding carboxylic acids is 2. The highest BCUT2D eigenvalue weighted by Gasteiger charge is 2.37. The van der Waals surface area contributed by atoms with Crippen LogP contribution in [0.2, 0.25) is 0 Å². The van der Waals surface area contributed by atoms with Gasteiger partial charge in [0.05, 0.1) is 12.6 Å². The zero-order chi connectivity index (χ0) is 27.1. The lowest BCUT2D eigenvalue weighted by Gasteiger charge is -2.42. The first kappa shape index (κ1) is 28.0. The van der Waals surface area contributed by atoms with Gasteiger partial charge in [0, 0.05) is 18.0 Å². The number of piperidine rings is 1. The van der Waals surface area contributed by atoms with Crippen molar-refractivity contribution in [3.05, 3.63) is 71.0 Å². The second-order valence-electron chi connectivity index (χ2n) is 9.76. The zero-order valence-corrected chi connectivity index (χ0v) is 21.1. The molecule has 4 rings (SSSR count). The number of likely N-dealkylation sites (tertiary alicyclic amines) is 1. The fraction of sp³-hybridized carbons (Fsp3) is 0.429. The fourth-order valence-electron chi connectivity index (χ4n) is 5.08. The lowest BCUT2D eigenvalue weighted by Crippen LogP contribution is -2.48. The van der Waals surface area contributed by atoms with Crippen LogP contribution in [0.3, 0.4) is 0 Å². The zero-order valence-electron chi connectivity index (χ0n) is 21.1. The number of Topliss-reactive ketones (excluding diaryl/α,β-unsaturated/α-hetero) is 1. The molecule has 2 N–H and O–H groups in total. The molecule has 198 valence electrons. The molecular weight excluding hydrogens is 479 g/mol. The number of fused-ring (bicyclic) bond motifs is 1. The van der Waals surface area contributed by atoms with Crippen molar-refractivity contribution in [1.29, 1.82) is 0 Å². The standard InChI is InChI=1S/C26H31FN2O2.C2H2O4/c1-18(2)25-23-9-8-22(27)16-21(23)12-15-29(25)26(31)20-10-13-28(14-11-20)17-24(30)19-6-4-3-5-7-19;3-1(4)2(5)6/h3-9,16,18,20,25H,10-15,17H2,1-2H3;(H,3,4)(H,5,6). The quantitative estimate of drug-likeness (QED) is 0.464. The van der Waals surface area contributed by atoms with Gasteiger partial charge in [0.15, 0.2) is 5.78 Å². The van der Waals surface area contributed by atoms with Gasteiger partial charge < -0.3 is 15.1 Å². The number of amides is 1. The molecule has 2 aromatic carbocycles. The van der Waals surface area contributed by atoms with E-state index in [0.29, 0.717) is 19.5 Å². The molecule has 9 heteroatoms. The van der Waals surface area contributed by atoms with E-state index in [1.54, 1.807) is 6.07 Å². The van der Waals surface area contributed by atoms with E-state index in [4.69, 9.17) is 19.8 Å². The van der Waals surface area contributed by atoms with Crippen LogP contribution in [0.1, 0.15) is 54.2 Å². The number of carboxylic acids is 2. The first-order valence-electron chi connectivity index (χ1n) is 12.4. The van der Waals surface area contributed by atoms with Crippen LogP contribution in [0.15, 0.2) is 48.5 Å². The Labute approximate surface area is 215 Å². The number of halogens is 1. The summed E-state index contributed by atoms with van der Waals surface area (Å²) in [6.45, 7) is 6.82. The summed E-state index contributed by atoms with van der Waals surface area (Å²) in [6.07, 6.45) is 2.25. The second-order valence-corrected chi connectivity index (χ2v) is 9.76. The van der Waals surface area contributed by atoms with Gasteiger partial charge in [-0.25, -0.2) is 14.0 Å². The molecule has 1 unspecified atom stereocenters. The van der Waals surface area contributed by atoms with E-state index in [9.17, 15) is 14.0 Å². The van der Waals surface area contributed by atoms with Crippen molar-refractivity contribution in [2.24, 2.45) is 11.8 Å². The van der Waals surface area contributed by atoms with Crippen molar-refractivity contribution in [1.82, 2.24) is 9.80 Å². The summed E-state index contributed by atoms with van der Waals surface area (Å²) in [7, 11) is 0. The van der Waals surface area contributed by atoms with Gasteiger partial charge in [0.1, 0.15) is 5.82 Å². The third-order valence-electron chi connectivity index (χ3n) is 6.88. The van der Waals surface area contributed by atoms with Crippen LogP contribution in [0.4, 0.5) is 4.39 Å². The molecule has 0 bridgehead atoms. The third kappa shape index (κ3) is 7.22. The van der Waals surface area contributed by atoms with Crippen LogP contribution < -0.4 is 0 Å². The molecule has 0 saturated carbocycles. The van der Waals surface area contributed by atoms with Gasteiger partial charge >= 0.3 is 11.9 Å². The van der Waals surface area contributed by atoms with Crippen molar-refractivity contribution >= 4 is 23.6 Å². The number of hydrogen-bond donors (Lipinski definition) is 2. The van der Waals surface area contributed by atoms with Gasteiger partial charge in [-0.3, -0.25) is 14.5 Å². The van der Waals surface area contributed by atoms with E-state index in [2.05, 4.69) is 18.7 Å². The number of nitrogens with zero attached hydrogens (tertiary/aromatic N) is 2. The number of benzene rings is 2. The Morgan fingerprint density at radius 3 is 2.14 bits per heavy atom. The summed E-state index contributed by atoms with van der Waals surface area (Å²) in [6, 6.07) is 14.4. The molecule has 2 aliphatic rings. The van der Waals surface area contributed by atoms with E-state index >= 15 is 0 Å². The number of aliphatic carboxylic acids is 2. The maximum Gasteiger partial charge on any atom is 0.414 e. The van der Waals surface area contributed by atoms with E-state index in [0.717, 1.165) is 42.6 Å². The Kier molecular flexibility index (Phi) is 9.52. The van der Waals surface area contributed by atoms with Crippen LogP contribution >= 0.6 is 0 Å². The number of hydrogen-bond acceptors (Lipinski definition) is 5. The second kappa shape index (κ2) is 12.6. The minimum atomic E-state index is -1.82. The lowest BCUT2D eigenvalue weighted by atomic mass is 9.84. The predicted octanol–water partition coefficient (Wildman–Crippen LogP) is 3.66. The molecule has 1 atom stereocenters. The highest BCUT2D eigenvalue weighted by Crippen LogP contribution is 2.37. The van der Waals surface area contributed by atoms with Gasteiger partial charge in [-0.2, -0.15) is 0 Å². The lowest BCUT2D eigenvalue weighted by molar-refractivity contribution is -0.159. The average molecular weight is 513 g/mol. The minimum Gasteiger partial charge on any atom is -0.473 e. The van der Waals surface area contributed by atoms with E-state index in [1.165, 1.54) is 6.07 Å². The normalized spacial score (nSPS) is 17.9. The molecule has 8 nitrogen and oxygen atoms in total. The number of rotatable bonds is 5. The Morgan fingerprint density at radius 2 is 1.57 bits per heavy atom. The summed E-state index contributed by atoms with van der Waals surface area (Å²) in [5, 5.41) is 14.8. The molecule has 37 heavy (non-hydrogen) atoms. The molecule has 2 heterocycles. The topological polar surface area (TPSA) is 115 Å². The van der Waals surface area contributed by atoms with Gasteiger partial charge in [0.2, 0.25) is 5.91 Å². The molecule has 1 fully saturated rings. The van der Waals surface area contributed by atoms with Gasteiger partial charge in [-0.05, 0) is 61.5 Å². The van der Waals surface area contributed by atoms with E-state index < -0.39 is 11.9 Å². The predicted molar refractivity (Wildman–Crippen MR) is 135 cm³/mol. The molecule has 0 radical (unpaired) electrons. The summed E-state index contributed by atoms with van der Waals surface area (Å²) in [5.41, 5.74) is 2.85. The number of ketones is 1. The maximum absolute atomic E-state index is 13.7. The molecule has 2 aromatic rings. The Morgan fingerprint density at radius 1 is 0.946 bits per heavy atom. The van der Waals surface area contributed by atoms with Gasteiger partial charge in [-0.15, -0.1) is 0 Å². The summed E-state index contributed by atoms with van der Waals surface area (Å²) >= 11 is 0. The van der Waals surface area contributed by atoms with Gasteiger partial charge in [0.25, 0.3) is 0 Å². The Bertz CT molecular complexity index is 1120. The van der Waals surface area contributed by atoms with Crippen LogP contribution in [-0.4, -0.2) is 69.8 Å². The Hall–Kier alpha value is -3.59. The summed E-state index contributed by atoms with van der Waals surface area (Å²) in [5.74, 6) is -3.26. The molecule has 1 amide bonds. The molecule has 0 aromatic heterocycles. The first-order chi connectivity index (χ1) is 17.6. The van der Waals surface area contributed by atoms with Gasteiger partial charge in [-0.1, -0.05) is 50.2 Å². The van der Waals surface area contributed by atoms with Crippen LogP contribution in [0.5, 0.6) is 0 Å². The monoisotopic (exact) mass is 512 g/mol. The van der Waals surface area contributed by atoms with E-state index in [1.807, 2.05) is 41.3 Å². The van der Waals surface area contributed by atoms with Crippen molar-refractivity contribution in [3.63, 3.8) is 0 Å². The third-order valence-corrected chi connectivity index (χ3v) is 6.88. The molecule has 0 spiro atoms. The van der Waals surface area contributed by atoms with Crippen molar-refractivity contribution < 1.29 is 33.8 Å². The average Bonchev–Trinajstić information content (AvgIpc) is 2.88. The minimum absolute atomic E-state index is 0.00506. The fourth-order valence-corrected chi connectivity index (χ4v) is 5.08. The maximum atomic E-state index is 13.7. The highest BCUT2D eigenvalue weighted by molar-refractivity contribution is 6.27. The summed E-state index contributed by atoms with van der Waals surface area (Å²) < 4.78 is 13.7. The number of carbonyl (C=O) groups is 4. The molecule has 2 aliphatic heterocycles.